The SMILES string of the molecule is N#CCC1CCC(N2CCC3(CCCN(c4ccc(C(F)(F)F)cc4)C3)C2=O)CC1. The summed E-state index contributed by atoms with van der Waals surface area (Å²) in [7, 11) is 0. The van der Waals surface area contributed by atoms with Crippen LogP contribution < -0.4 is 4.90 Å². The van der Waals surface area contributed by atoms with E-state index in [-0.39, 0.29) is 11.9 Å². The summed E-state index contributed by atoms with van der Waals surface area (Å²) in [4.78, 5) is 17.6. The summed E-state index contributed by atoms with van der Waals surface area (Å²) in [5, 5.41) is 8.90. The predicted molar refractivity (Wildman–Crippen MR) is 108 cm³/mol. The maximum atomic E-state index is 13.4. The third-order valence-electron chi connectivity index (χ3n) is 7.32. The molecule has 1 saturated carbocycles. The topological polar surface area (TPSA) is 47.3 Å². The molecule has 30 heavy (non-hydrogen) atoms. The first-order valence-corrected chi connectivity index (χ1v) is 10.9. The van der Waals surface area contributed by atoms with Gasteiger partial charge in [0.05, 0.1) is 17.0 Å². The van der Waals surface area contributed by atoms with Gasteiger partial charge in [-0.3, -0.25) is 4.79 Å². The fourth-order valence-electron chi connectivity index (χ4n) is 5.58. The molecule has 3 fully saturated rings. The first-order valence-electron chi connectivity index (χ1n) is 10.9. The summed E-state index contributed by atoms with van der Waals surface area (Å²) < 4.78 is 38.6. The smallest absolute Gasteiger partial charge is 0.370 e. The fraction of sp³-hybridized carbons (Fsp3) is 0.652. The van der Waals surface area contributed by atoms with Crippen molar-refractivity contribution in [1.82, 2.24) is 4.90 Å². The number of likely N-dealkylation sites (tertiary alicyclic amines) is 1. The Morgan fingerprint density at radius 2 is 1.77 bits per heavy atom. The molecule has 0 N–H and O–H groups in total. The number of nitriles is 1. The van der Waals surface area contributed by atoms with Crippen molar-refractivity contribution in [2.75, 3.05) is 24.5 Å². The average Bonchev–Trinajstić information content (AvgIpc) is 3.04. The van der Waals surface area contributed by atoms with Crippen molar-refractivity contribution >= 4 is 11.6 Å². The minimum Gasteiger partial charge on any atom is -0.370 e. The second-order valence-corrected chi connectivity index (χ2v) is 9.14. The third-order valence-corrected chi connectivity index (χ3v) is 7.32. The van der Waals surface area contributed by atoms with Gasteiger partial charge in [0.25, 0.3) is 0 Å². The Morgan fingerprint density at radius 3 is 2.40 bits per heavy atom. The minimum absolute atomic E-state index is 0.225. The average molecular weight is 419 g/mol. The molecule has 3 aliphatic rings. The van der Waals surface area contributed by atoms with Gasteiger partial charge in [0.2, 0.25) is 5.91 Å². The quantitative estimate of drug-likeness (QED) is 0.693. The number of alkyl halides is 3. The van der Waals surface area contributed by atoms with Gasteiger partial charge in [-0.15, -0.1) is 0 Å². The zero-order valence-electron chi connectivity index (χ0n) is 17.1. The van der Waals surface area contributed by atoms with E-state index in [2.05, 4.69) is 15.9 Å². The number of nitrogens with zero attached hydrogens (tertiary/aromatic N) is 3. The Bertz CT molecular complexity index is 808. The lowest BCUT2D eigenvalue weighted by atomic mass is 9.78. The lowest BCUT2D eigenvalue weighted by Gasteiger charge is -2.41. The second kappa shape index (κ2) is 8.13. The number of rotatable bonds is 3. The Labute approximate surface area is 175 Å². The summed E-state index contributed by atoms with van der Waals surface area (Å²) in [6.45, 7) is 2.12. The lowest BCUT2D eigenvalue weighted by molar-refractivity contribution is -0.139. The van der Waals surface area contributed by atoms with E-state index in [9.17, 15) is 18.0 Å². The van der Waals surface area contributed by atoms with Gasteiger partial charge >= 0.3 is 6.18 Å². The van der Waals surface area contributed by atoms with Crippen LogP contribution in [0.3, 0.4) is 0 Å². The van der Waals surface area contributed by atoms with Crippen LogP contribution in [-0.4, -0.2) is 36.5 Å². The Balaban J connectivity index is 1.42. The number of benzene rings is 1. The predicted octanol–water partition coefficient (Wildman–Crippen LogP) is 5.00. The van der Waals surface area contributed by atoms with Gasteiger partial charge in [-0.2, -0.15) is 18.4 Å². The molecule has 1 spiro atoms. The number of hydrogen-bond donors (Lipinski definition) is 0. The van der Waals surface area contributed by atoms with Crippen LogP contribution in [-0.2, 0) is 11.0 Å². The van der Waals surface area contributed by atoms with E-state index in [1.165, 1.54) is 12.1 Å². The van der Waals surface area contributed by atoms with E-state index < -0.39 is 17.2 Å². The zero-order chi connectivity index (χ0) is 21.4. The number of carbonyl (C=O) groups is 1. The lowest BCUT2D eigenvalue weighted by Crippen LogP contribution is -2.50. The van der Waals surface area contributed by atoms with Crippen molar-refractivity contribution in [2.24, 2.45) is 11.3 Å². The van der Waals surface area contributed by atoms with Gasteiger partial charge in [-0.25, -0.2) is 0 Å². The van der Waals surface area contributed by atoms with E-state index in [0.717, 1.165) is 75.9 Å². The molecule has 1 aliphatic carbocycles. The summed E-state index contributed by atoms with van der Waals surface area (Å²) in [6, 6.07) is 7.83. The third kappa shape index (κ3) is 4.01. The highest BCUT2D eigenvalue weighted by Crippen LogP contribution is 2.44. The summed E-state index contributed by atoms with van der Waals surface area (Å²) in [5.74, 6) is 0.686. The van der Waals surface area contributed by atoms with Crippen LogP contribution in [0, 0.1) is 22.7 Å². The first kappa shape index (κ1) is 21.0. The van der Waals surface area contributed by atoms with Crippen LogP contribution >= 0.6 is 0 Å². The molecule has 2 aliphatic heterocycles. The van der Waals surface area contributed by atoms with Gasteiger partial charge in [0.15, 0.2) is 0 Å². The minimum atomic E-state index is -4.34. The first-order chi connectivity index (χ1) is 14.3. The maximum absolute atomic E-state index is 13.4. The number of halogens is 3. The van der Waals surface area contributed by atoms with E-state index in [0.29, 0.717) is 18.9 Å². The number of carbonyl (C=O) groups excluding carboxylic acids is 1. The van der Waals surface area contributed by atoms with Crippen molar-refractivity contribution < 1.29 is 18.0 Å². The molecule has 1 unspecified atom stereocenters. The molecule has 4 nitrogen and oxygen atoms in total. The molecular formula is C23H28F3N3O. The highest BCUT2D eigenvalue weighted by atomic mass is 19.4. The number of hydrogen-bond acceptors (Lipinski definition) is 3. The highest BCUT2D eigenvalue weighted by molar-refractivity contribution is 5.86. The van der Waals surface area contributed by atoms with Crippen molar-refractivity contribution in [1.29, 1.82) is 5.26 Å². The van der Waals surface area contributed by atoms with Crippen molar-refractivity contribution in [2.45, 2.75) is 63.6 Å². The molecule has 4 rings (SSSR count). The van der Waals surface area contributed by atoms with E-state index in [1.807, 2.05) is 0 Å². The van der Waals surface area contributed by atoms with Crippen molar-refractivity contribution in [3.8, 4) is 6.07 Å². The standard InChI is InChI=1S/C23H28F3N3O/c24-23(25,26)18-4-8-19(9-5-18)28-14-1-11-22(16-28)12-15-29(21(22)30)20-6-2-17(3-7-20)10-13-27/h4-5,8-9,17,20H,1-3,6-7,10-12,14-16H2. The molecule has 162 valence electrons. The molecular weight excluding hydrogens is 391 g/mol. The van der Waals surface area contributed by atoms with Gasteiger partial charge in [-0.1, -0.05) is 0 Å². The van der Waals surface area contributed by atoms with Crippen LogP contribution in [0.15, 0.2) is 24.3 Å². The van der Waals surface area contributed by atoms with Crippen molar-refractivity contribution in [3.63, 3.8) is 0 Å². The molecule has 0 bridgehead atoms. The number of anilines is 1. The highest BCUT2D eigenvalue weighted by Gasteiger charge is 2.50. The van der Waals surface area contributed by atoms with Crippen LogP contribution in [0.4, 0.5) is 18.9 Å². The fourth-order valence-corrected chi connectivity index (χ4v) is 5.58. The molecule has 2 heterocycles. The van der Waals surface area contributed by atoms with Gasteiger partial charge < -0.3 is 9.80 Å². The van der Waals surface area contributed by atoms with Crippen LogP contribution in [0.2, 0.25) is 0 Å². The van der Waals surface area contributed by atoms with Crippen LogP contribution in [0.5, 0.6) is 0 Å². The van der Waals surface area contributed by atoms with Gasteiger partial charge in [0, 0.05) is 37.8 Å². The number of amides is 1. The van der Waals surface area contributed by atoms with Crippen molar-refractivity contribution in [3.05, 3.63) is 29.8 Å². The molecule has 2 saturated heterocycles. The Hall–Kier alpha value is -2.23. The zero-order valence-corrected chi connectivity index (χ0v) is 17.1. The van der Waals surface area contributed by atoms with Gasteiger partial charge in [-0.05, 0) is 75.1 Å². The Kier molecular flexibility index (Phi) is 5.69. The van der Waals surface area contributed by atoms with E-state index in [1.54, 1.807) is 0 Å². The molecule has 1 atom stereocenters. The summed E-state index contributed by atoms with van der Waals surface area (Å²) >= 11 is 0. The maximum Gasteiger partial charge on any atom is 0.416 e. The molecule has 1 aromatic carbocycles. The summed E-state index contributed by atoms with van der Waals surface area (Å²) in [6.07, 6.45) is 2.76. The Morgan fingerprint density at radius 1 is 1.07 bits per heavy atom. The van der Waals surface area contributed by atoms with E-state index >= 15 is 0 Å². The van der Waals surface area contributed by atoms with Crippen LogP contribution in [0.1, 0.15) is 56.9 Å². The monoisotopic (exact) mass is 419 g/mol. The van der Waals surface area contributed by atoms with Crippen LogP contribution in [0.25, 0.3) is 0 Å². The largest absolute Gasteiger partial charge is 0.416 e. The van der Waals surface area contributed by atoms with Gasteiger partial charge in [0.1, 0.15) is 0 Å². The summed E-state index contributed by atoms with van der Waals surface area (Å²) in [5.41, 5.74) is -0.303. The molecule has 1 aromatic rings. The molecule has 0 radical (unpaired) electrons. The number of piperidine rings is 1. The molecule has 0 aromatic heterocycles. The van der Waals surface area contributed by atoms with E-state index in [4.69, 9.17) is 5.26 Å². The molecule has 1 amide bonds. The normalized spacial score (nSPS) is 30.0. The second-order valence-electron chi connectivity index (χ2n) is 9.14. The molecule has 7 heteroatoms.